The number of morpholine rings is 1. The van der Waals surface area contributed by atoms with Crippen LogP contribution in [0.5, 0.6) is 5.75 Å². The highest BCUT2D eigenvalue weighted by Gasteiger charge is 2.22. The van der Waals surface area contributed by atoms with Crippen LogP contribution in [0.1, 0.15) is 27.7 Å². The van der Waals surface area contributed by atoms with Crippen LogP contribution < -0.4 is 15.4 Å². The minimum atomic E-state index is -0.597. The molecule has 0 aliphatic carbocycles. The lowest BCUT2D eigenvalue weighted by atomic mass is 10.2. The summed E-state index contributed by atoms with van der Waals surface area (Å²) in [6, 6.07) is 4.79. The molecule has 8 nitrogen and oxygen atoms in total. The van der Waals surface area contributed by atoms with E-state index in [-0.39, 0.29) is 12.1 Å². The molecule has 1 heterocycles. The predicted molar refractivity (Wildman–Crippen MR) is 98.9 cm³/mol. The average Bonchev–Trinajstić information content (AvgIpc) is 2.54. The quantitative estimate of drug-likeness (QED) is 0.858. The molecule has 144 valence electrons. The molecule has 0 spiro atoms. The molecule has 2 N–H and O–H groups in total. The summed E-state index contributed by atoms with van der Waals surface area (Å²) in [6.07, 6.45) is -0.556. The van der Waals surface area contributed by atoms with Crippen molar-refractivity contribution in [3.63, 3.8) is 0 Å². The number of ether oxygens (including phenoxy) is 3. The largest absolute Gasteiger partial charge is 0.494 e. The number of rotatable bonds is 3. The predicted octanol–water partition coefficient (Wildman–Crippen LogP) is 3.29. The van der Waals surface area contributed by atoms with E-state index in [9.17, 15) is 9.59 Å². The monoisotopic (exact) mass is 365 g/mol. The maximum absolute atomic E-state index is 12.4. The van der Waals surface area contributed by atoms with Crippen molar-refractivity contribution < 1.29 is 23.8 Å². The Morgan fingerprint density at radius 3 is 2.62 bits per heavy atom. The van der Waals surface area contributed by atoms with Gasteiger partial charge in [-0.1, -0.05) is 0 Å². The second-order valence-corrected chi connectivity index (χ2v) is 7.10. The normalized spacial score (nSPS) is 17.4. The van der Waals surface area contributed by atoms with Crippen LogP contribution in [0.4, 0.5) is 21.0 Å². The maximum Gasteiger partial charge on any atom is 0.412 e. The molecule has 0 unspecified atom stereocenters. The molecule has 0 aromatic heterocycles. The van der Waals surface area contributed by atoms with Crippen LogP contribution in [-0.4, -0.2) is 55.5 Å². The molecular weight excluding hydrogens is 338 g/mol. The number of hydrogen-bond acceptors (Lipinski definition) is 5. The van der Waals surface area contributed by atoms with Crippen molar-refractivity contribution in [1.82, 2.24) is 4.90 Å². The molecule has 1 aromatic carbocycles. The van der Waals surface area contributed by atoms with Crippen molar-refractivity contribution in [3.05, 3.63) is 18.2 Å². The van der Waals surface area contributed by atoms with Gasteiger partial charge in [0.2, 0.25) is 0 Å². The van der Waals surface area contributed by atoms with Gasteiger partial charge in [-0.3, -0.25) is 5.32 Å². The molecule has 1 saturated heterocycles. The summed E-state index contributed by atoms with van der Waals surface area (Å²) in [5.41, 5.74) is 0.432. The second-order valence-electron chi connectivity index (χ2n) is 7.10. The first-order chi connectivity index (χ1) is 12.2. The van der Waals surface area contributed by atoms with Crippen molar-refractivity contribution in [2.75, 3.05) is 37.4 Å². The standard InChI is InChI=1S/C18H27N3O5/c1-12-11-21(8-9-25-12)16(22)19-13-6-7-14(15(10-13)24-5)20-17(23)26-18(2,3)4/h6-7,10,12H,8-9,11H2,1-5H3,(H,19,22)(H,20,23)/t12-/m1/s1. The summed E-state index contributed by atoms with van der Waals surface area (Å²) >= 11 is 0. The van der Waals surface area contributed by atoms with Gasteiger partial charge in [0.1, 0.15) is 11.4 Å². The molecule has 26 heavy (non-hydrogen) atoms. The van der Waals surface area contributed by atoms with Gasteiger partial charge in [0.25, 0.3) is 0 Å². The van der Waals surface area contributed by atoms with Crippen molar-refractivity contribution in [2.24, 2.45) is 0 Å². The second kappa shape index (κ2) is 8.27. The fourth-order valence-corrected chi connectivity index (χ4v) is 2.49. The number of carbonyl (C=O) groups excluding carboxylic acids is 2. The molecule has 0 radical (unpaired) electrons. The molecule has 8 heteroatoms. The van der Waals surface area contributed by atoms with E-state index < -0.39 is 11.7 Å². The minimum absolute atomic E-state index is 0.0180. The van der Waals surface area contributed by atoms with Crippen LogP contribution in [0.3, 0.4) is 0 Å². The summed E-state index contributed by atoms with van der Waals surface area (Å²) in [4.78, 5) is 26.0. The van der Waals surface area contributed by atoms with E-state index in [1.165, 1.54) is 7.11 Å². The average molecular weight is 365 g/mol. The van der Waals surface area contributed by atoms with Gasteiger partial charge < -0.3 is 24.4 Å². The highest BCUT2D eigenvalue weighted by atomic mass is 16.6. The first-order valence-corrected chi connectivity index (χ1v) is 8.53. The molecule has 2 rings (SSSR count). The molecule has 1 aromatic rings. The number of amides is 3. The molecule has 1 aliphatic rings. The molecule has 0 saturated carbocycles. The third-order valence-electron chi connectivity index (χ3n) is 3.62. The van der Waals surface area contributed by atoms with Crippen LogP contribution in [0.25, 0.3) is 0 Å². The van der Waals surface area contributed by atoms with Crippen LogP contribution >= 0.6 is 0 Å². The van der Waals surface area contributed by atoms with E-state index in [0.717, 1.165) is 0 Å². The Labute approximate surface area is 153 Å². The van der Waals surface area contributed by atoms with Gasteiger partial charge in [-0.25, -0.2) is 9.59 Å². The van der Waals surface area contributed by atoms with E-state index in [1.807, 2.05) is 6.92 Å². The Morgan fingerprint density at radius 1 is 1.27 bits per heavy atom. The zero-order chi connectivity index (χ0) is 19.3. The first kappa shape index (κ1) is 19.8. The highest BCUT2D eigenvalue weighted by molar-refractivity contribution is 5.92. The van der Waals surface area contributed by atoms with Crippen molar-refractivity contribution >= 4 is 23.5 Å². The Bertz CT molecular complexity index is 657. The van der Waals surface area contributed by atoms with Gasteiger partial charge >= 0.3 is 12.1 Å². The number of anilines is 2. The van der Waals surface area contributed by atoms with Crippen molar-refractivity contribution in [1.29, 1.82) is 0 Å². The number of methoxy groups -OCH3 is 1. The molecule has 1 aliphatic heterocycles. The zero-order valence-electron chi connectivity index (χ0n) is 15.9. The van der Waals surface area contributed by atoms with Gasteiger partial charge in [0, 0.05) is 24.8 Å². The Kier molecular flexibility index (Phi) is 6.31. The third-order valence-corrected chi connectivity index (χ3v) is 3.62. The fraction of sp³-hybridized carbons (Fsp3) is 0.556. The van der Waals surface area contributed by atoms with E-state index >= 15 is 0 Å². The number of nitrogens with zero attached hydrogens (tertiary/aromatic N) is 1. The zero-order valence-corrected chi connectivity index (χ0v) is 15.9. The number of urea groups is 1. The van der Waals surface area contributed by atoms with E-state index in [2.05, 4.69) is 10.6 Å². The lowest BCUT2D eigenvalue weighted by molar-refractivity contribution is -0.00138. The lowest BCUT2D eigenvalue weighted by Gasteiger charge is -2.31. The lowest BCUT2D eigenvalue weighted by Crippen LogP contribution is -2.46. The maximum atomic E-state index is 12.4. The molecule has 1 atom stereocenters. The molecular formula is C18H27N3O5. The Morgan fingerprint density at radius 2 is 2.00 bits per heavy atom. The van der Waals surface area contributed by atoms with Crippen LogP contribution in [0.2, 0.25) is 0 Å². The van der Waals surface area contributed by atoms with Crippen molar-refractivity contribution in [3.8, 4) is 5.75 Å². The third kappa shape index (κ3) is 5.80. The smallest absolute Gasteiger partial charge is 0.412 e. The van der Waals surface area contributed by atoms with Crippen LogP contribution in [0.15, 0.2) is 18.2 Å². The Hall–Kier alpha value is -2.48. The number of hydrogen-bond donors (Lipinski definition) is 2. The summed E-state index contributed by atoms with van der Waals surface area (Å²) in [5, 5.41) is 5.48. The fourth-order valence-electron chi connectivity index (χ4n) is 2.49. The summed E-state index contributed by atoms with van der Waals surface area (Å²) in [6.45, 7) is 8.90. The van der Waals surface area contributed by atoms with Gasteiger partial charge in [-0.15, -0.1) is 0 Å². The van der Waals surface area contributed by atoms with Gasteiger partial charge in [0.05, 0.1) is 25.5 Å². The number of carbonyl (C=O) groups is 2. The number of nitrogens with one attached hydrogen (secondary N) is 2. The van der Waals surface area contributed by atoms with Crippen LogP contribution in [-0.2, 0) is 9.47 Å². The molecule has 0 bridgehead atoms. The SMILES string of the molecule is COc1cc(NC(=O)N2CCO[C@H](C)C2)ccc1NC(=O)OC(C)(C)C. The summed E-state index contributed by atoms with van der Waals surface area (Å²) in [7, 11) is 1.49. The van der Waals surface area contributed by atoms with Gasteiger partial charge in [0.15, 0.2) is 0 Å². The highest BCUT2D eigenvalue weighted by Crippen LogP contribution is 2.28. The van der Waals surface area contributed by atoms with E-state index in [4.69, 9.17) is 14.2 Å². The Balaban J connectivity index is 2.03. The number of benzene rings is 1. The minimum Gasteiger partial charge on any atom is -0.494 e. The van der Waals surface area contributed by atoms with Gasteiger partial charge in [-0.2, -0.15) is 0 Å². The van der Waals surface area contributed by atoms with Crippen LogP contribution in [0, 0.1) is 0 Å². The van der Waals surface area contributed by atoms with E-state index in [0.29, 0.717) is 36.8 Å². The van der Waals surface area contributed by atoms with E-state index in [1.54, 1.807) is 43.9 Å². The molecule has 1 fully saturated rings. The first-order valence-electron chi connectivity index (χ1n) is 8.53. The summed E-state index contributed by atoms with van der Waals surface area (Å²) < 4.78 is 16.0. The topological polar surface area (TPSA) is 89.1 Å². The van der Waals surface area contributed by atoms with Crippen molar-refractivity contribution in [2.45, 2.75) is 39.4 Å². The summed E-state index contributed by atoms with van der Waals surface area (Å²) in [5.74, 6) is 0.420. The van der Waals surface area contributed by atoms with Gasteiger partial charge in [-0.05, 0) is 39.8 Å². The molecule has 3 amide bonds.